The van der Waals surface area contributed by atoms with Crippen molar-refractivity contribution in [3.8, 4) is 27.8 Å². The van der Waals surface area contributed by atoms with Crippen molar-refractivity contribution in [3.63, 3.8) is 0 Å². The molecule has 0 saturated carbocycles. The maximum atomic E-state index is 12.7. The number of para-hydroxylation sites is 1. The summed E-state index contributed by atoms with van der Waals surface area (Å²) in [4.78, 5) is 17.2. The Morgan fingerprint density at radius 3 is 2.61 bits per heavy atom. The second-order valence-electron chi connectivity index (χ2n) is 6.53. The molecule has 1 N–H and O–H groups in total. The van der Waals surface area contributed by atoms with Crippen LogP contribution >= 0.6 is 11.3 Å². The summed E-state index contributed by atoms with van der Waals surface area (Å²) >= 11 is 1.40. The Morgan fingerprint density at radius 1 is 1.06 bits per heavy atom. The van der Waals surface area contributed by atoms with Gasteiger partial charge in [-0.15, -0.1) is 11.3 Å². The number of thiazole rings is 1. The molecule has 0 aliphatic heterocycles. The Labute approximate surface area is 184 Å². The van der Waals surface area contributed by atoms with Gasteiger partial charge in [0.15, 0.2) is 11.5 Å². The summed E-state index contributed by atoms with van der Waals surface area (Å²) in [6.45, 7) is 4.85. The lowest BCUT2D eigenvalue weighted by atomic mass is 10.2. The number of aromatic nitrogens is 3. The Bertz CT molecular complexity index is 1170. The average molecular weight is 435 g/mol. The molecule has 0 aliphatic rings. The lowest BCUT2D eigenvalue weighted by molar-refractivity contribution is 0.102. The largest absolute Gasteiger partial charge is 0.490 e. The molecule has 4 aromatic rings. The van der Waals surface area contributed by atoms with Crippen molar-refractivity contribution in [2.24, 2.45) is 0 Å². The van der Waals surface area contributed by atoms with Crippen molar-refractivity contribution in [2.45, 2.75) is 13.8 Å². The predicted octanol–water partition coefficient (Wildman–Crippen LogP) is 5.05. The summed E-state index contributed by atoms with van der Waals surface area (Å²) < 4.78 is 13.0. The number of hydrogen-bond donors (Lipinski definition) is 1. The van der Waals surface area contributed by atoms with Crippen molar-refractivity contribution in [2.75, 3.05) is 18.5 Å². The molecule has 7 nitrogen and oxygen atoms in total. The summed E-state index contributed by atoms with van der Waals surface area (Å²) in [5.41, 5.74) is 2.78. The lowest BCUT2D eigenvalue weighted by Gasteiger charge is -2.12. The van der Waals surface area contributed by atoms with Gasteiger partial charge >= 0.3 is 0 Å². The lowest BCUT2D eigenvalue weighted by Crippen LogP contribution is -2.12. The van der Waals surface area contributed by atoms with Crippen LogP contribution in [0.15, 0.2) is 66.3 Å². The molecule has 2 aromatic heterocycles. The standard InChI is InChI=1S/C23H22N4O3S/c1-3-29-20-11-10-17(12-21(20)30-4-2)25-22(28)19-15-31-23(26-19)16-13-24-27(14-16)18-8-6-5-7-9-18/h5-15H,3-4H2,1-2H3,(H,25,28). The highest BCUT2D eigenvalue weighted by molar-refractivity contribution is 7.13. The van der Waals surface area contributed by atoms with Gasteiger partial charge in [-0.1, -0.05) is 18.2 Å². The van der Waals surface area contributed by atoms with Gasteiger partial charge in [0.25, 0.3) is 5.91 Å². The molecule has 4 rings (SSSR count). The fourth-order valence-corrected chi connectivity index (χ4v) is 3.77. The van der Waals surface area contributed by atoms with Crippen LogP contribution in [-0.4, -0.2) is 33.9 Å². The molecule has 158 valence electrons. The highest BCUT2D eigenvalue weighted by atomic mass is 32.1. The molecule has 1 amide bonds. The smallest absolute Gasteiger partial charge is 0.275 e. The van der Waals surface area contributed by atoms with E-state index in [4.69, 9.17) is 9.47 Å². The summed E-state index contributed by atoms with van der Waals surface area (Å²) in [7, 11) is 0. The first-order valence-electron chi connectivity index (χ1n) is 9.95. The number of hydrogen-bond acceptors (Lipinski definition) is 6. The first kappa shape index (κ1) is 20.6. The summed E-state index contributed by atoms with van der Waals surface area (Å²) in [5.74, 6) is 0.952. The van der Waals surface area contributed by atoms with Crippen molar-refractivity contribution in [1.82, 2.24) is 14.8 Å². The number of carbonyl (C=O) groups is 1. The fourth-order valence-electron chi connectivity index (χ4n) is 2.99. The maximum absolute atomic E-state index is 12.7. The van der Waals surface area contributed by atoms with E-state index in [-0.39, 0.29) is 5.91 Å². The maximum Gasteiger partial charge on any atom is 0.275 e. The van der Waals surface area contributed by atoms with E-state index < -0.39 is 0 Å². The van der Waals surface area contributed by atoms with Crippen molar-refractivity contribution < 1.29 is 14.3 Å². The van der Waals surface area contributed by atoms with Crippen LogP contribution in [0.25, 0.3) is 16.3 Å². The minimum Gasteiger partial charge on any atom is -0.490 e. The third kappa shape index (κ3) is 4.75. The second-order valence-corrected chi connectivity index (χ2v) is 7.39. The monoisotopic (exact) mass is 434 g/mol. The topological polar surface area (TPSA) is 78.3 Å². The van der Waals surface area contributed by atoms with Crippen molar-refractivity contribution in [1.29, 1.82) is 0 Å². The average Bonchev–Trinajstić information content (AvgIpc) is 3.46. The molecule has 0 spiro atoms. The van der Waals surface area contributed by atoms with Gasteiger partial charge in [-0.2, -0.15) is 5.10 Å². The highest BCUT2D eigenvalue weighted by Crippen LogP contribution is 2.31. The summed E-state index contributed by atoms with van der Waals surface area (Å²) in [6, 6.07) is 15.2. The zero-order valence-corrected chi connectivity index (χ0v) is 18.1. The van der Waals surface area contributed by atoms with Gasteiger partial charge in [0.2, 0.25) is 0 Å². The van der Waals surface area contributed by atoms with E-state index in [1.165, 1.54) is 11.3 Å². The molecule has 0 bridgehead atoms. The molecular weight excluding hydrogens is 412 g/mol. The van der Waals surface area contributed by atoms with Crippen molar-refractivity contribution in [3.05, 3.63) is 72.0 Å². The number of nitrogens with zero attached hydrogens (tertiary/aromatic N) is 3. The molecule has 0 aliphatic carbocycles. The van der Waals surface area contributed by atoms with Crippen LogP contribution in [0, 0.1) is 0 Å². The molecule has 2 aromatic carbocycles. The number of benzene rings is 2. The molecule has 0 saturated heterocycles. The van der Waals surface area contributed by atoms with Crippen LogP contribution in [-0.2, 0) is 0 Å². The molecule has 31 heavy (non-hydrogen) atoms. The SMILES string of the molecule is CCOc1ccc(NC(=O)c2csc(-c3cnn(-c4ccccc4)c3)n2)cc1OCC. The first-order chi connectivity index (χ1) is 15.2. The van der Waals surface area contributed by atoms with Gasteiger partial charge in [-0.3, -0.25) is 4.79 Å². The number of rotatable bonds is 8. The number of amides is 1. The Balaban J connectivity index is 1.49. The molecular formula is C23H22N4O3S. The van der Waals surface area contributed by atoms with Crippen LogP contribution in [0.4, 0.5) is 5.69 Å². The molecule has 8 heteroatoms. The zero-order valence-electron chi connectivity index (χ0n) is 17.2. The van der Waals surface area contributed by atoms with Gasteiger partial charge in [0.05, 0.1) is 25.1 Å². The quantitative estimate of drug-likeness (QED) is 0.420. The van der Waals surface area contributed by atoms with E-state index in [1.54, 1.807) is 34.5 Å². The number of anilines is 1. The Morgan fingerprint density at radius 2 is 1.84 bits per heavy atom. The van der Waals surface area contributed by atoms with E-state index in [2.05, 4.69) is 15.4 Å². The number of carbonyl (C=O) groups excluding carboxylic acids is 1. The van der Waals surface area contributed by atoms with Gasteiger partial charge in [0, 0.05) is 28.9 Å². The van der Waals surface area contributed by atoms with Crippen LogP contribution < -0.4 is 14.8 Å². The van der Waals surface area contributed by atoms with Crippen LogP contribution in [0.3, 0.4) is 0 Å². The summed E-state index contributed by atoms with van der Waals surface area (Å²) in [5, 5.41) is 9.73. The van der Waals surface area contributed by atoms with Gasteiger partial charge in [-0.25, -0.2) is 9.67 Å². The molecule has 0 fully saturated rings. The zero-order chi connectivity index (χ0) is 21.6. The second kappa shape index (κ2) is 9.44. The third-order valence-corrected chi connectivity index (χ3v) is 5.28. The van der Waals surface area contributed by atoms with Gasteiger partial charge < -0.3 is 14.8 Å². The normalized spacial score (nSPS) is 10.6. The minimum atomic E-state index is -0.287. The molecule has 0 radical (unpaired) electrons. The Hall–Kier alpha value is -3.65. The molecule has 0 atom stereocenters. The third-order valence-electron chi connectivity index (χ3n) is 4.39. The molecule has 0 unspecified atom stereocenters. The van der Waals surface area contributed by atoms with Crippen molar-refractivity contribution >= 4 is 22.9 Å². The van der Waals surface area contributed by atoms with Gasteiger partial charge in [-0.05, 0) is 38.1 Å². The van der Waals surface area contributed by atoms with E-state index in [0.29, 0.717) is 36.1 Å². The number of nitrogens with one attached hydrogen (secondary N) is 1. The van der Waals surface area contributed by atoms with E-state index in [0.717, 1.165) is 16.3 Å². The van der Waals surface area contributed by atoms with E-state index in [1.807, 2.05) is 50.4 Å². The molecule has 2 heterocycles. The van der Waals surface area contributed by atoms with E-state index >= 15 is 0 Å². The van der Waals surface area contributed by atoms with Gasteiger partial charge in [0.1, 0.15) is 10.7 Å². The van der Waals surface area contributed by atoms with Crippen LogP contribution in [0.2, 0.25) is 0 Å². The number of ether oxygens (including phenoxy) is 2. The van der Waals surface area contributed by atoms with E-state index in [9.17, 15) is 4.79 Å². The first-order valence-corrected chi connectivity index (χ1v) is 10.8. The highest BCUT2D eigenvalue weighted by Gasteiger charge is 2.15. The van der Waals surface area contributed by atoms with Crippen LogP contribution in [0.5, 0.6) is 11.5 Å². The Kier molecular flexibility index (Phi) is 6.28. The minimum absolute atomic E-state index is 0.287. The summed E-state index contributed by atoms with van der Waals surface area (Å²) in [6.07, 6.45) is 3.64. The fraction of sp³-hybridized carbons (Fsp3) is 0.174. The predicted molar refractivity (Wildman–Crippen MR) is 121 cm³/mol. The van der Waals surface area contributed by atoms with Crippen LogP contribution in [0.1, 0.15) is 24.3 Å².